The van der Waals surface area contributed by atoms with Gasteiger partial charge in [0.1, 0.15) is 23.2 Å². The van der Waals surface area contributed by atoms with Crippen molar-refractivity contribution in [1.29, 1.82) is 5.26 Å². The summed E-state index contributed by atoms with van der Waals surface area (Å²) in [5.74, 6) is 1.64. The standard InChI is InChI=1S/C33H33N3O2/c1-5-6-15-30-35-32(37)31(24-16-17-29-26(18-24)19-33(3,4)38-29)22(2)36(30)21-25-13-10-14-27(28(25)20-34)23-11-8-7-9-12-23/h7-14,16-18H,5-6,15,19,21H2,1-4H3. The van der Waals surface area contributed by atoms with Crippen LogP contribution < -0.4 is 10.3 Å². The molecule has 5 heteroatoms. The number of aryl methyl sites for hydroxylation is 1. The van der Waals surface area contributed by atoms with Crippen LogP contribution in [0.4, 0.5) is 0 Å². The molecule has 0 saturated heterocycles. The molecule has 38 heavy (non-hydrogen) atoms. The summed E-state index contributed by atoms with van der Waals surface area (Å²) in [7, 11) is 0. The predicted octanol–water partition coefficient (Wildman–Crippen LogP) is 6.86. The zero-order valence-corrected chi connectivity index (χ0v) is 22.5. The van der Waals surface area contributed by atoms with Gasteiger partial charge in [-0.25, -0.2) is 0 Å². The summed E-state index contributed by atoms with van der Waals surface area (Å²) >= 11 is 0. The molecule has 1 aliphatic rings. The molecule has 0 radical (unpaired) electrons. The van der Waals surface area contributed by atoms with Gasteiger partial charge in [0, 0.05) is 18.5 Å². The Kier molecular flexibility index (Phi) is 6.91. The zero-order valence-electron chi connectivity index (χ0n) is 22.5. The van der Waals surface area contributed by atoms with Crippen LogP contribution in [0, 0.1) is 18.3 Å². The Morgan fingerprint density at radius 2 is 1.84 bits per heavy atom. The van der Waals surface area contributed by atoms with E-state index in [1.165, 1.54) is 0 Å². The molecule has 0 saturated carbocycles. The van der Waals surface area contributed by atoms with E-state index in [9.17, 15) is 10.1 Å². The van der Waals surface area contributed by atoms with Crippen molar-refractivity contribution >= 4 is 0 Å². The highest BCUT2D eigenvalue weighted by Gasteiger charge is 2.30. The first kappa shape index (κ1) is 25.5. The lowest BCUT2D eigenvalue weighted by Crippen LogP contribution is -2.24. The topological polar surface area (TPSA) is 67.9 Å². The molecule has 4 aromatic rings. The lowest BCUT2D eigenvalue weighted by Gasteiger charge is -2.20. The Labute approximate surface area is 224 Å². The molecule has 0 amide bonds. The maximum atomic E-state index is 13.4. The van der Waals surface area contributed by atoms with Crippen molar-refractivity contribution in [2.24, 2.45) is 0 Å². The van der Waals surface area contributed by atoms with Crippen LogP contribution in [0.2, 0.25) is 0 Å². The third-order valence-corrected chi connectivity index (χ3v) is 7.30. The van der Waals surface area contributed by atoms with Gasteiger partial charge in [-0.1, -0.05) is 67.9 Å². The quantitative estimate of drug-likeness (QED) is 0.276. The molecule has 0 aliphatic carbocycles. The third-order valence-electron chi connectivity index (χ3n) is 7.30. The van der Waals surface area contributed by atoms with E-state index in [1.807, 2.05) is 67.6 Å². The van der Waals surface area contributed by atoms with Crippen molar-refractivity contribution in [1.82, 2.24) is 9.55 Å². The molecule has 5 rings (SSSR count). The van der Waals surface area contributed by atoms with Crippen LogP contribution in [-0.4, -0.2) is 15.2 Å². The molecular weight excluding hydrogens is 470 g/mol. The van der Waals surface area contributed by atoms with Gasteiger partial charge in [-0.2, -0.15) is 10.2 Å². The maximum Gasteiger partial charge on any atom is 0.281 e. The number of aromatic nitrogens is 2. The van der Waals surface area contributed by atoms with Crippen molar-refractivity contribution < 1.29 is 4.74 Å². The second-order valence-electron chi connectivity index (χ2n) is 10.7. The minimum absolute atomic E-state index is 0.207. The number of nitrogens with zero attached hydrogens (tertiary/aromatic N) is 3. The summed E-state index contributed by atoms with van der Waals surface area (Å²) in [4.78, 5) is 18.0. The lowest BCUT2D eigenvalue weighted by atomic mass is 9.95. The number of fused-ring (bicyclic) bond motifs is 1. The molecule has 2 heterocycles. The largest absolute Gasteiger partial charge is 0.487 e. The van der Waals surface area contributed by atoms with Gasteiger partial charge in [-0.15, -0.1) is 0 Å². The number of ether oxygens (including phenoxy) is 1. The monoisotopic (exact) mass is 503 g/mol. The van der Waals surface area contributed by atoms with Crippen molar-refractivity contribution in [3.8, 4) is 34.1 Å². The molecule has 0 unspecified atom stereocenters. The highest BCUT2D eigenvalue weighted by atomic mass is 16.5. The van der Waals surface area contributed by atoms with Gasteiger partial charge in [0.25, 0.3) is 5.56 Å². The van der Waals surface area contributed by atoms with E-state index in [2.05, 4.69) is 42.5 Å². The van der Waals surface area contributed by atoms with Crippen LogP contribution in [0.25, 0.3) is 22.3 Å². The van der Waals surface area contributed by atoms with Gasteiger partial charge in [0.05, 0.1) is 17.7 Å². The first-order chi connectivity index (χ1) is 18.3. The summed E-state index contributed by atoms with van der Waals surface area (Å²) in [5.41, 5.74) is 6.46. The minimum Gasteiger partial charge on any atom is -0.487 e. The Morgan fingerprint density at radius 3 is 2.58 bits per heavy atom. The second-order valence-corrected chi connectivity index (χ2v) is 10.7. The maximum absolute atomic E-state index is 13.4. The van der Waals surface area contributed by atoms with Crippen molar-refractivity contribution in [3.63, 3.8) is 0 Å². The van der Waals surface area contributed by atoms with Crippen LogP contribution in [0.15, 0.2) is 71.5 Å². The fourth-order valence-corrected chi connectivity index (χ4v) is 5.44. The molecule has 192 valence electrons. The van der Waals surface area contributed by atoms with E-state index >= 15 is 0 Å². The number of hydrogen-bond acceptors (Lipinski definition) is 4. The van der Waals surface area contributed by atoms with Crippen LogP contribution in [-0.2, 0) is 19.4 Å². The molecular formula is C33H33N3O2. The average Bonchev–Trinajstić information content (AvgIpc) is 3.22. The fourth-order valence-electron chi connectivity index (χ4n) is 5.44. The fraction of sp³-hybridized carbons (Fsp3) is 0.303. The Hall–Kier alpha value is -4.17. The third kappa shape index (κ3) is 4.87. The van der Waals surface area contributed by atoms with Crippen molar-refractivity contribution in [2.75, 3.05) is 0 Å². The number of benzene rings is 3. The smallest absolute Gasteiger partial charge is 0.281 e. The summed E-state index contributed by atoms with van der Waals surface area (Å²) in [6.45, 7) is 8.75. The molecule has 0 fully saturated rings. The number of hydrogen-bond donors (Lipinski definition) is 0. The van der Waals surface area contributed by atoms with Gasteiger partial charge in [-0.3, -0.25) is 4.79 Å². The molecule has 3 aromatic carbocycles. The molecule has 1 aromatic heterocycles. The van der Waals surface area contributed by atoms with Crippen molar-refractivity contribution in [3.05, 3.63) is 105 Å². The van der Waals surface area contributed by atoms with Crippen molar-refractivity contribution in [2.45, 2.75) is 65.5 Å². The van der Waals surface area contributed by atoms with E-state index in [4.69, 9.17) is 4.74 Å². The lowest BCUT2D eigenvalue weighted by molar-refractivity contribution is 0.138. The number of unbranched alkanes of at least 4 members (excludes halogenated alkanes) is 1. The minimum atomic E-state index is -0.254. The van der Waals surface area contributed by atoms with Crippen LogP contribution in [0.1, 0.15) is 61.8 Å². The van der Waals surface area contributed by atoms with Gasteiger partial charge in [-0.05, 0) is 67.1 Å². The molecule has 0 N–H and O–H groups in total. The summed E-state index contributed by atoms with van der Waals surface area (Å²) in [6.07, 6.45) is 3.44. The number of nitriles is 1. The summed E-state index contributed by atoms with van der Waals surface area (Å²) < 4.78 is 8.19. The first-order valence-electron chi connectivity index (χ1n) is 13.3. The van der Waals surface area contributed by atoms with Crippen LogP contribution >= 0.6 is 0 Å². The highest BCUT2D eigenvalue weighted by Crippen LogP contribution is 2.37. The Bertz CT molecular complexity index is 1590. The normalized spacial score (nSPS) is 13.6. The molecule has 0 bridgehead atoms. The Morgan fingerprint density at radius 1 is 1.05 bits per heavy atom. The van der Waals surface area contributed by atoms with Gasteiger partial charge >= 0.3 is 0 Å². The molecule has 0 spiro atoms. The SMILES string of the molecule is CCCCc1nc(=O)c(-c2ccc3c(c2)CC(C)(C)O3)c(C)n1Cc1cccc(-c2ccccc2)c1C#N. The number of rotatable bonds is 7. The zero-order chi connectivity index (χ0) is 26.9. The van der Waals surface area contributed by atoms with E-state index in [0.29, 0.717) is 24.1 Å². The van der Waals surface area contributed by atoms with Gasteiger partial charge in [0.15, 0.2) is 0 Å². The Balaban J connectivity index is 1.63. The van der Waals surface area contributed by atoms with E-state index in [-0.39, 0.29) is 11.2 Å². The molecule has 1 aliphatic heterocycles. The highest BCUT2D eigenvalue weighted by molar-refractivity contribution is 5.72. The van der Waals surface area contributed by atoms with Gasteiger partial charge < -0.3 is 9.30 Å². The van der Waals surface area contributed by atoms with E-state index in [1.54, 1.807) is 0 Å². The van der Waals surface area contributed by atoms with Crippen LogP contribution in [0.5, 0.6) is 5.75 Å². The van der Waals surface area contributed by atoms with Crippen LogP contribution in [0.3, 0.4) is 0 Å². The summed E-state index contributed by atoms with van der Waals surface area (Å²) in [5, 5.41) is 10.2. The molecule has 0 atom stereocenters. The van der Waals surface area contributed by atoms with E-state index < -0.39 is 0 Å². The summed E-state index contributed by atoms with van der Waals surface area (Å²) in [6, 6.07) is 24.4. The second kappa shape index (κ2) is 10.3. The predicted molar refractivity (Wildman–Crippen MR) is 151 cm³/mol. The van der Waals surface area contributed by atoms with Gasteiger partial charge in [0.2, 0.25) is 0 Å². The van der Waals surface area contributed by atoms with E-state index in [0.717, 1.165) is 64.3 Å². The first-order valence-corrected chi connectivity index (χ1v) is 13.3. The molecule has 5 nitrogen and oxygen atoms in total. The average molecular weight is 504 g/mol.